The highest BCUT2D eigenvalue weighted by atomic mass is 19.1. The predicted molar refractivity (Wildman–Crippen MR) is 43.8 cm³/mol. The smallest absolute Gasteiger partial charge is 0.454 e. The molecule has 1 aliphatic carbocycles. The van der Waals surface area contributed by atoms with Gasteiger partial charge in [0.05, 0.1) is 5.92 Å². The topological polar surface area (TPSA) is 77.8 Å². The van der Waals surface area contributed by atoms with Crippen LogP contribution < -0.4 is 0 Å². The van der Waals surface area contributed by atoms with Gasteiger partial charge in [0.2, 0.25) is 0 Å². The maximum absolute atomic E-state index is 13.0. The second kappa shape index (κ2) is 4.06. The van der Waals surface area contributed by atoms with Crippen LogP contribution in [0.2, 0.25) is 5.82 Å². The zero-order chi connectivity index (χ0) is 10.0. The van der Waals surface area contributed by atoms with Gasteiger partial charge in [-0.25, -0.2) is 4.39 Å². The van der Waals surface area contributed by atoms with Gasteiger partial charge in [-0.05, 0) is 25.1 Å². The number of hydrogen-bond acceptors (Lipinski definition) is 3. The van der Waals surface area contributed by atoms with Crippen molar-refractivity contribution in [3.05, 3.63) is 0 Å². The summed E-state index contributed by atoms with van der Waals surface area (Å²) in [5.74, 6) is -2.79. The third-order valence-corrected chi connectivity index (χ3v) is 2.55. The minimum atomic E-state index is -1.53. The highest BCUT2D eigenvalue weighted by molar-refractivity contribution is 6.43. The quantitative estimate of drug-likeness (QED) is 0.537. The Morgan fingerprint density at radius 3 is 2.46 bits per heavy atom. The number of rotatable bonds is 2. The second-order valence-electron chi connectivity index (χ2n) is 3.45. The van der Waals surface area contributed by atoms with Gasteiger partial charge in [0.1, 0.15) is 6.17 Å². The molecule has 0 spiro atoms. The van der Waals surface area contributed by atoms with E-state index in [1.807, 2.05) is 0 Å². The Bertz CT molecular complexity index is 199. The Morgan fingerprint density at radius 1 is 1.38 bits per heavy atom. The first kappa shape index (κ1) is 10.5. The van der Waals surface area contributed by atoms with Gasteiger partial charge in [0.25, 0.3) is 0 Å². The van der Waals surface area contributed by atoms with Crippen molar-refractivity contribution in [1.29, 1.82) is 0 Å². The molecule has 74 valence electrons. The zero-order valence-electron chi connectivity index (χ0n) is 7.06. The van der Waals surface area contributed by atoms with Gasteiger partial charge in [-0.15, -0.1) is 0 Å². The number of hydrogen-bond donors (Lipinski definition) is 3. The average molecular weight is 190 g/mol. The molecule has 6 heteroatoms. The normalized spacial score (nSPS) is 34.2. The van der Waals surface area contributed by atoms with E-state index in [-0.39, 0.29) is 12.8 Å². The molecular weight excluding hydrogens is 178 g/mol. The molecule has 0 bridgehead atoms. The van der Waals surface area contributed by atoms with Crippen molar-refractivity contribution in [3.8, 4) is 0 Å². The molecule has 0 amide bonds. The summed E-state index contributed by atoms with van der Waals surface area (Å²) in [4.78, 5) is 10.5. The highest BCUT2D eigenvalue weighted by Crippen LogP contribution is 2.35. The van der Waals surface area contributed by atoms with E-state index in [0.29, 0.717) is 6.42 Å². The molecule has 0 aliphatic heterocycles. The summed E-state index contributed by atoms with van der Waals surface area (Å²) < 4.78 is 13.0. The molecule has 1 saturated carbocycles. The molecule has 3 N–H and O–H groups in total. The van der Waals surface area contributed by atoms with Crippen LogP contribution in [0.3, 0.4) is 0 Å². The first-order valence-corrected chi connectivity index (χ1v) is 4.25. The van der Waals surface area contributed by atoms with Gasteiger partial charge >= 0.3 is 13.1 Å². The molecule has 3 unspecified atom stereocenters. The van der Waals surface area contributed by atoms with E-state index >= 15 is 0 Å². The van der Waals surface area contributed by atoms with Crippen LogP contribution in [0.4, 0.5) is 4.39 Å². The zero-order valence-corrected chi connectivity index (χ0v) is 7.06. The van der Waals surface area contributed by atoms with Crippen molar-refractivity contribution in [2.24, 2.45) is 5.92 Å². The van der Waals surface area contributed by atoms with Crippen LogP contribution in [-0.2, 0) is 4.79 Å². The number of alkyl halides is 1. The molecule has 0 heterocycles. The van der Waals surface area contributed by atoms with Crippen LogP contribution in [0, 0.1) is 5.92 Å². The minimum Gasteiger partial charge on any atom is -0.481 e. The van der Waals surface area contributed by atoms with E-state index in [1.165, 1.54) is 0 Å². The fourth-order valence-electron chi connectivity index (χ4n) is 1.69. The maximum Gasteiger partial charge on any atom is 0.454 e. The Hall–Kier alpha value is -0.615. The SMILES string of the molecule is O=C(O)C1CC(B(O)O)CCC1F. The minimum absolute atomic E-state index is 0.00810. The van der Waals surface area contributed by atoms with Crippen molar-refractivity contribution in [2.75, 3.05) is 0 Å². The van der Waals surface area contributed by atoms with Crippen LogP contribution in [-0.4, -0.2) is 34.4 Å². The van der Waals surface area contributed by atoms with E-state index in [0.717, 1.165) is 0 Å². The monoisotopic (exact) mass is 190 g/mol. The van der Waals surface area contributed by atoms with Gasteiger partial charge in [-0.3, -0.25) is 4.79 Å². The number of carboxylic acid groups (broad SMARTS) is 1. The van der Waals surface area contributed by atoms with Crippen LogP contribution in [0.5, 0.6) is 0 Å². The van der Waals surface area contributed by atoms with Gasteiger partial charge < -0.3 is 15.2 Å². The number of carboxylic acids is 1. The van der Waals surface area contributed by atoms with Gasteiger partial charge in [-0.1, -0.05) is 0 Å². The highest BCUT2D eigenvalue weighted by Gasteiger charge is 2.39. The largest absolute Gasteiger partial charge is 0.481 e. The standard InChI is InChI=1S/C7H12BFO4/c9-6-2-1-4(8(12)13)3-5(6)7(10)11/h4-6,12-13H,1-3H2,(H,10,11). The van der Waals surface area contributed by atoms with E-state index in [2.05, 4.69) is 0 Å². The number of aliphatic carboxylic acids is 1. The molecule has 3 atom stereocenters. The summed E-state index contributed by atoms with van der Waals surface area (Å²) in [6, 6.07) is 0. The summed E-state index contributed by atoms with van der Waals surface area (Å²) >= 11 is 0. The van der Waals surface area contributed by atoms with Crippen molar-refractivity contribution in [1.82, 2.24) is 0 Å². The first-order valence-electron chi connectivity index (χ1n) is 4.25. The molecule has 13 heavy (non-hydrogen) atoms. The predicted octanol–water partition coefficient (Wildman–Crippen LogP) is 0.0522. The van der Waals surface area contributed by atoms with Crippen LogP contribution in [0.25, 0.3) is 0 Å². The van der Waals surface area contributed by atoms with Crippen LogP contribution >= 0.6 is 0 Å². The summed E-state index contributed by atoms with van der Waals surface area (Å²) in [6.07, 6.45) is -0.914. The summed E-state index contributed by atoms with van der Waals surface area (Å²) in [6.45, 7) is 0. The van der Waals surface area contributed by atoms with Gasteiger partial charge in [0.15, 0.2) is 0 Å². The molecule has 1 rings (SSSR count). The third-order valence-electron chi connectivity index (χ3n) is 2.55. The fraction of sp³-hybridized carbons (Fsp3) is 0.857. The van der Waals surface area contributed by atoms with E-state index in [1.54, 1.807) is 0 Å². The Labute approximate surface area is 75.5 Å². The van der Waals surface area contributed by atoms with Crippen molar-refractivity contribution in [3.63, 3.8) is 0 Å². The van der Waals surface area contributed by atoms with Gasteiger partial charge in [0, 0.05) is 0 Å². The van der Waals surface area contributed by atoms with E-state index in [4.69, 9.17) is 15.2 Å². The van der Waals surface area contributed by atoms with Crippen molar-refractivity contribution in [2.45, 2.75) is 31.3 Å². The lowest BCUT2D eigenvalue weighted by atomic mass is 9.62. The molecule has 1 fully saturated rings. The molecular formula is C7H12BFO4. The summed E-state index contributed by atoms with van der Waals surface area (Å²) in [5, 5.41) is 26.2. The molecule has 0 aromatic rings. The Balaban J connectivity index is 2.58. The van der Waals surface area contributed by atoms with Crippen LogP contribution in [0.15, 0.2) is 0 Å². The summed E-state index contributed by atoms with van der Waals surface area (Å²) in [7, 11) is -1.53. The molecule has 0 saturated heterocycles. The number of halogens is 1. The van der Waals surface area contributed by atoms with E-state index in [9.17, 15) is 9.18 Å². The second-order valence-corrected chi connectivity index (χ2v) is 3.45. The van der Waals surface area contributed by atoms with Crippen molar-refractivity contribution >= 4 is 13.1 Å². The third kappa shape index (κ3) is 2.41. The average Bonchev–Trinajstić information content (AvgIpc) is 2.04. The van der Waals surface area contributed by atoms with Crippen molar-refractivity contribution < 1.29 is 24.3 Å². The lowest BCUT2D eigenvalue weighted by Gasteiger charge is -2.28. The molecule has 0 radical (unpaired) electrons. The fourth-order valence-corrected chi connectivity index (χ4v) is 1.69. The molecule has 4 nitrogen and oxygen atoms in total. The lowest BCUT2D eigenvalue weighted by Crippen LogP contribution is -2.35. The lowest BCUT2D eigenvalue weighted by molar-refractivity contribution is -0.145. The molecule has 0 aromatic heterocycles. The van der Waals surface area contributed by atoms with Crippen LogP contribution in [0.1, 0.15) is 19.3 Å². The number of carbonyl (C=O) groups is 1. The van der Waals surface area contributed by atoms with E-state index < -0.39 is 31.0 Å². The maximum atomic E-state index is 13.0. The first-order chi connectivity index (χ1) is 6.02. The summed E-state index contributed by atoms with van der Waals surface area (Å²) in [5.41, 5.74) is 0. The molecule has 1 aliphatic rings. The Morgan fingerprint density at radius 2 is 2.00 bits per heavy atom. The van der Waals surface area contributed by atoms with Gasteiger partial charge in [-0.2, -0.15) is 0 Å². The Kier molecular flexibility index (Phi) is 3.27. The molecule has 0 aromatic carbocycles.